The maximum Gasteiger partial charge on any atom is 0.226 e. The maximum absolute atomic E-state index is 13.5. The molecule has 2 aromatic heterocycles. The van der Waals surface area contributed by atoms with Gasteiger partial charge in [0.25, 0.3) is 0 Å². The Hall–Kier alpha value is -2.37. The molecule has 5 rings (SSSR count). The average Bonchev–Trinajstić information content (AvgIpc) is 3.05. The second-order valence-electron chi connectivity index (χ2n) is 7.81. The van der Waals surface area contributed by atoms with E-state index in [4.69, 9.17) is 0 Å². The number of alkyl halides is 1. The van der Waals surface area contributed by atoms with Crippen LogP contribution in [-0.4, -0.2) is 46.7 Å². The first-order valence-corrected chi connectivity index (χ1v) is 9.41. The molecule has 1 amide bonds. The number of anilines is 1. The van der Waals surface area contributed by atoms with Crippen LogP contribution in [0, 0.1) is 11.8 Å². The zero-order valence-corrected chi connectivity index (χ0v) is 14.9. The van der Waals surface area contributed by atoms with Gasteiger partial charge in [0.1, 0.15) is 12.2 Å². The van der Waals surface area contributed by atoms with Crippen molar-refractivity contribution < 1.29 is 9.18 Å². The van der Waals surface area contributed by atoms with E-state index in [1.165, 1.54) is 0 Å². The highest BCUT2D eigenvalue weighted by Crippen LogP contribution is 2.48. The number of pyridine rings is 1. The lowest BCUT2D eigenvalue weighted by Gasteiger charge is -2.46. The number of halogens is 1. The molecule has 1 aliphatic carbocycles. The van der Waals surface area contributed by atoms with Crippen LogP contribution in [0.5, 0.6) is 0 Å². The van der Waals surface area contributed by atoms with Crippen molar-refractivity contribution in [1.29, 1.82) is 0 Å². The highest BCUT2D eigenvalue weighted by atomic mass is 19.1. The third kappa shape index (κ3) is 2.07. The van der Waals surface area contributed by atoms with Gasteiger partial charge < -0.3 is 14.4 Å². The van der Waals surface area contributed by atoms with Crippen LogP contribution < -0.4 is 4.90 Å². The van der Waals surface area contributed by atoms with Gasteiger partial charge in [0.2, 0.25) is 5.91 Å². The van der Waals surface area contributed by atoms with Crippen LogP contribution in [-0.2, 0) is 10.3 Å². The largest absolute Gasteiger partial charge is 0.353 e. The van der Waals surface area contributed by atoms with Gasteiger partial charge in [-0.1, -0.05) is 6.92 Å². The molecule has 0 bridgehead atoms. The zero-order chi connectivity index (χ0) is 17.9. The molecule has 4 heterocycles. The van der Waals surface area contributed by atoms with Gasteiger partial charge in [-0.15, -0.1) is 0 Å². The third-order valence-electron chi connectivity index (χ3n) is 6.32. The van der Waals surface area contributed by atoms with Crippen LogP contribution in [0.2, 0.25) is 0 Å². The van der Waals surface area contributed by atoms with E-state index in [-0.39, 0.29) is 17.4 Å². The van der Waals surface area contributed by atoms with Crippen molar-refractivity contribution in [3.05, 3.63) is 42.4 Å². The fourth-order valence-corrected chi connectivity index (χ4v) is 4.83. The number of aromatic nitrogens is 2. The van der Waals surface area contributed by atoms with Crippen LogP contribution in [0.25, 0.3) is 5.82 Å². The summed E-state index contributed by atoms with van der Waals surface area (Å²) in [5.41, 5.74) is 1.68. The maximum atomic E-state index is 13.5. The molecule has 3 atom stereocenters. The van der Waals surface area contributed by atoms with E-state index in [2.05, 4.69) is 27.4 Å². The van der Waals surface area contributed by atoms with Crippen LogP contribution in [0.3, 0.4) is 0 Å². The summed E-state index contributed by atoms with van der Waals surface area (Å²) in [7, 11) is 0. The van der Waals surface area contributed by atoms with Crippen molar-refractivity contribution >= 4 is 11.6 Å². The molecule has 6 heteroatoms. The second kappa shape index (κ2) is 5.56. The van der Waals surface area contributed by atoms with Gasteiger partial charge >= 0.3 is 0 Å². The van der Waals surface area contributed by atoms with E-state index in [0.29, 0.717) is 19.0 Å². The average molecular weight is 354 g/mol. The fourth-order valence-electron chi connectivity index (χ4n) is 4.83. The van der Waals surface area contributed by atoms with E-state index in [1.54, 1.807) is 6.20 Å². The number of carbonyl (C=O) groups excluding carboxylic acids is 1. The molecule has 5 nitrogen and oxygen atoms in total. The molecule has 2 aromatic rings. The molecule has 0 N–H and O–H groups in total. The number of hydrogen-bond acceptors (Lipinski definition) is 3. The molecular formula is C20H23FN4O. The van der Waals surface area contributed by atoms with Crippen LogP contribution in [0.15, 0.2) is 36.7 Å². The molecule has 136 valence electrons. The summed E-state index contributed by atoms with van der Waals surface area (Å²) in [5, 5.41) is 0. The van der Waals surface area contributed by atoms with E-state index in [1.807, 2.05) is 29.3 Å². The van der Waals surface area contributed by atoms with Crippen LogP contribution in [0.1, 0.15) is 25.5 Å². The van der Waals surface area contributed by atoms with Gasteiger partial charge in [-0.25, -0.2) is 9.37 Å². The predicted molar refractivity (Wildman–Crippen MR) is 97.0 cm³/mol. The number of carbonyl (C=O) groups is 1. The minimum Gasteiger partial charge on any atom is -0.353 e. The SMILES string of the molecule is CC1CC1C(=O)N1CCC2(C1)c1cccn1-c1ncccc1N2CCF. The summed E-state index contributed by atoms with van der Waals surface area (Å²) in [6.45, 7) is 3.37. The Kier molecular flexibility index (Phi) is 3.39. The topological polar surface area (TPSA) is 41.4 Å². The lowest BCUT2D eigenvalue weighted by Crippen LogP contribution is -2.53. The first kappa shape index (κ1) is 15.9. The fraction of sp³-hybridized carbons (Fsp3) is 0.500. The molecular weight excluding hydrogens is 331 g/mol. The van der Waals surface area contributed by atoms with Gasteiger partial charge in [0.15, 0.2) is 5.82 Å². The molecule has 2 aliphatic heterocycles. The Morgan fingerprint density at radius 1 is 1.38 bits per heavy atom. The quantitative estimate of drug-likeness (QED) is 0.851. The summed E-state index contributed by atoms with van der Waals surface area (Å²) in [4.78, 5) is 21.5. The smallest absolute Gasteiger partial charge is 0.226 e. The first-order valence-electron chi connectivity index (χ1n) is 9.41. The summed E-state index contributed by atoms with van der Waals surface area (Å²) in [6.07, 6.45) is 5.61. The van der Waals surface area contributed by atoms with Crippen LogP contribution in [0.4, 0.5) is 10.1 Å². The van der Waals surface area contributed by atoms with E-state index < -0.39 is 6.67 Å². The molecule has 0 radical (unpaired) electrons. The molecule has 1 saturated heterocycles. The van der Waals surface area contributed by atoms with Gasteiger partial charge in [-0.05, 0) is 43.0 Å². The van der Waals surface area contributed by atoms with E-state index in [9.17, 15) is 9.18 Å². The van der Waals surface area contributed by atoms with Gasteiger partial charge in [0, 0.05) is 37.9 Å². The first-order chi connectivity index (χ1) is 12.7. The van der Waals surface area contributed by atoms with Crippen molar-refractivity contribution in [3.8, 4) is 5.82 Å². The molecule has 0 aromatic carbocycles. The zero-order valence-electron chi connectivity index (χ0n) is 14.9. The molecule has 26 heavy (non-hydrogen) atoms. The summed E-state index contributed by atoms with van der Waals surface area (Å²) in [5.74, 6) is 1.79. The molecule has 1 spiro atoms. The molecule has 1 saturated carbocycles. The second-order valence-corrected chi connectivity index (χ2v) is 7.81. The lowest BCUT2D eigenvalue weighted by molar-refractivity contribution is -0.132. The number of likely N-dealkylation sites (tertiary alicyclic amines) is 1. The van der Waals surface area contributed by atoms with Crippen molar-refractivity contribution in [2.75, 3.05) is 31.2 Å². The number of rotatable bonds is 3. The number of nitrogens with zero attached hydrogens (tertiary/aromatic N) is 4. The Morgan fingerprint density at radius 3 is 3.00 bits per heavy atom. The Labute approximate surface area is 152 Å². The van der Waals surface area contributed by atoms with E-state index >= 15 is 0 Å². The summed E-state index contributed by atoms with van der Waals surface area (Å²) in [6, 6.07) is 8.02. The Bertz CT molecular complexity index is 865. The van der Waals surface area contributed by atoms with E-state index in [0.717, 1.165) is 36.6 Å². The number of fused-ring (bicyclic) bond motifs is 4. The normalized spacial score (nSPS) is 29.0. The van der Waals surface area contributed by atoms with Gasteiger partial charge in [0.05, 0.1) is 11.4 Å². The standard InChI is InChI=1S/C20H23FN4O/c1-14-12-15(14)19(26)23-10-6-20(13-23)17-5-3-9-24(17)18-16(4-2-8-22-18)25(20)11-7-21/h2-5,8-9,14-15H,6-7,10-13H2,1H3. The Balaban J connectivity index is 1.58. The Morgan fingerprint density at radius 2 is 2.23 bits per heavy atom. The molecule has 3 aliphatic rings. The van der Waals surface area contributed by atoms with Gasteiger partial charge in [-0.3, -0.25) is 4.79 Å². The number of amides is 1. The highest BCUT2D eigenvalue weighted by molar-refractivity contribution is 5.82. The molecule has 2 fully saturated rings. The number of hydrogen-bond donors (Lipinski definition) is 0. The molecule has 3 unspecified atom stereocenters. The van der Waals surface area contributed by atoms with Crippen molar-refractivity contribution in [2.24, 2.45) is 11.8 Å². The van der Waals surface area contributed by atoms with Crippen molar-refractivity contribution in [3.63, 3.8) is 0 Å². The van der Waals surface area contributed by atoms with Gasteiger partial charge in [-0.2, -0.15) is 0 Å². The lowest BCUT2D eigenvalue weighted by atomic mass is 9.89. The highest BCUT2D eigenvalue weighted by Gasteiger charge is 2.52. The third-order valence-corrected chi connectivity index (χ3v) is 6.32. The minimum absolute atomic E-state index is 0.184. The monoisotopic (exact) mass is 354 g/mol. The predicted octanol–water partition coefficient (Wildman–Crippen LogP) is 2.75. The van der Waals surface area contributed by atoms with Crippen LogP contribution >= 0.6 is 0 Å². The minimum atomic E-state index is -0.426. The summed E-state index contributed by atoms with van der Waals surface area (Å²) < 4.78 is 15.6. The summed E-state index contributed by atoms with van der Waals surface area (Å²) >= 11 is 0. The van der Waals surface area contributed by atoms with Crippen molar-refractivity contribution in [2.45, 2.75) is 25.3 Å². The van der Waals surface area contributed by atoms with Crippen molar-refractivity contribution in [1.82, 2.24) is 14.5 Å².